The third-order valence-corrected chi connectivity index (χ3v) is 3.77. The number of benzene rings is 1. The maximum atomic E-state index is 12.1. The predicted molar refractivity (Wildman–Crippen MR) is 84.5 cm³/mol. The second-order valence-electron chi connectivity index (χ2n) is 5.36. The maximum Gasteiger partial charge on any atom is 0.317 e. The van der Waals surface area contributed by atoms with Crippen LogP contribution in [0.25, 0.3) is 0 Å². The van der Waals surface area contributed by atoms with Crippen LogP contribution in [0, 0.1) is 11.3 Å². The molecule has 0 bridgehead atoms. The zero-order valence-electron chi connectivity index (χ0n) is 12.8. The molecule has 1 heterocycles. The first-order valence-corrected chi connectivity index (χ1v) is 7.63. The SMILES string of the molecule is CCCNC(=O)N1CCC[C@@H]1COc1cccc(N)c1C#N. The summed E-state index contributed by atoms with van der Waals surface area (Å²) in [7, 11) is 0. The van der Waals surface area contributed by atoms with Crippen molar-refractivity contribution in [3.05, 3.63) is 23.8 Å². The summed E-state index contributed by atoms with van der Waals surface area (Å²) in [5.74, 6) is 0.475. The number of hydrogen-bond donors (Lipinski definition) is 2. The van der Waals surface area contributed by atoms with E-state index in [0.717, 1.165) is 25.8 Å². The Hall–Kier alpha value is -2.42. The van der Waals surface area contributed by atoms with Crippen molar-refractivity contribution in [2.24, 2.45) is 0 Å². The van der Waals surface area contributed by atoms with Gasteiger partial charge in [-0.15, -0.1) is 0 Å². The second-order valence-corrected chi connectivity index (χ2v) is 5.36. The smallest absolute Gasteiger partial charge is 0.317 e. The Balaban J connectivity index is 1.97. The van der Waals surface area contributed by atoms with Gasteiger partial charge in [-0.3, -0.25) is 0 Å². The Kier molecular flexibility index (Phi) is 5.48. The fourth-order valence-electron chi connectivity index (χ4n) is 2.58. The van der Waals surface area contributed by atoms with Crippen molar-refractivity contribution in [3.63, 3.8) is 0 Å². The molecule has 118 valence electrons. The van der Waals surface area contributed by atoms with Gasteiger partial charge in [-0.1, -0.05) is 13.0 Å². The van der Waals surface area contributed by atoms with E-state index in [1.165, 1.54) is 0 Å². The number of nitrogens with zero attached hydrogens (tertiary/aromatic N) is 2. The van der Waals surface area contributed by atoms with E-state index in [0.29, 0.717) is 30.2 Å². The summed E-state index contributed by atoms with van der Waals surface area (Å²) in [6.07, 6.45) is 2.79. The van der Waals surface area contributed by atoms with E-state index in [1.54, 1.807) is 18.2 Å². The highest BCUT2D eigenvalue weighted by atomic mass is 16.5. The number of carbonyl (C=O) groups excluding carboxylic acids is 1. The van der Waals surface area contributed by atoms with E-state index < -0.39 is 0 Å². The van der Waals surface area contributed by atoms with Gasteiger partial charge in [0, 0.05) is 13.1 Å². The summed E-state index contributed by atoms with van der Waals surface area (Å²) in [5.41, 5.74) is 6.52. The van der Waals surface area contributed by atoms with Crippen LogP contribution < -0.4 is 15.8 Å². The van der Waals surface area contributed by atoms with Crippen molar-refractivity contribution in [1.82, 2.24) is 10.2 Å². The first-order chi connectivity index (χ1) is 10.7. The quantitative estimate of drug-likeness (QED) is 0.815. The number of likely N-dealkylation sites (tertiary alicyclic amines) is 1. The molecule has 2 amide bonds. The Morgan fingerprint density at radius 2 is 2.41 bits per heavy atom. The molecule has 0 aliphatic carbocycles. The molecule has 6 nitrogen and oxygen atoms in total. The number of urea groups is 1. The molecular weight excluding hydrogens is 280 g/mol. The molecule has 3 N–H and O–H groups in total. The summed E-state index contributed by atoms with van der Waals surface area (Å²) in [5, 5.41) is 12.0. The third kappa shape index (κ3) is 3.61. The molecule has 0 radical (unpaired) electrons. The number of ether oxygens (including phenoxy) is 1. The van der Waals surface area contributed by atoms with Crippen LogP contribution >= 0.6 is 0 Å². The molecule has 1 aliphatic heterocycles. The van der Waals surface area contributed by atoms with E-state index >= 15 is 0 Å². The number of carbonyl (C=O) groups is 1. The lowest BCUT2D eigenvalue weighted by Gasteiger charge is -2.25. The standard InChI is InChI=1S/C16H22N4O2/c1-2-8-19-16(21)20-9-4-5-12(20)11-22-15-7-3-6-14(18)13(15)10-17/h3,6-7,12H,2,4-5,8-9,11,18H2,1H3,(H,19,21)/t12-/m1/s1. The van der Waals surface area contributed by atoms with Crippen LogP contribution in [0.3, 0.4) is 0 Å². The number of hydrogen-bond acceptors (Lipinski definition) is 4. The van der Waals surface area contributed by atoms with Gasteiger partial charge in [0.1, 0.15) is 24.0 Å². The first kappa shape index (κ1) is 16.0. The van der Waals surface area contributed by atoms with E-state index in [1.807, 2.05) is 11.8 Å². The zero-order chi connectivity index (χ0) is 15.9. The Labute approximate surface area is 130 Å². The van der Waals surface area contributed by atoms with Crippen LogP contribution in [0.1, 0.15) is 31.7 Å². The molecule has 1 aliphatic rings. The highest BCUT2D eigenvalue weighted by molar-refractivity contribution is 5.74. The van der Waals surface area contributed by atoms with Crippen molar-refractivity contribution in [2.45, 2.75) is 32.2 Å². The summed E-state index contributed by atoms with van der Waals surface area (Å²) in [6, 6.07) is 7.21. The van der Waals surface area contributed by atoms with Crippen LogP contribution in [-0.4, -0.2) is 36.7 Å². The van der Waals surface area contributed by atoms with Crippen molar-refractivity contribution >= 4 is 11.7 Å². The van der Waals surface area contributed by atoms with Crippen LogP contribution in [0.5, 0.6) is 5.75 Å². The minimum absolute atomic E-state index is 0.0322. The van der Waals surface area contributed by atoms with Gasteiger partial charge in [0.25, 0.3) is 0 Å². The highest BCUT2D eigenvalue weighted by Crippen LogP contribution is 2.25. The van der Waals surface area contributed by atoms with E-state index in [4.69, 9.17) is 15.7 Å². The molecule has 22 heavy (non-hydrogen) atoms. The lowest BCUT2D eigenvalue weighted by atomic mass is 10.2. The molecule has 2 rings (SSSR count). The van der Waals surface area contributed by atoms with E-state index in [2.05, 4.69) is 11.4 Å². The van der Waals surface area contributed by atoms with Gasteiger partial charge in [-0.2, -0.15) is 5.26 Å². The minimum atomic E-state index is -0.0407. The van der Waals surface area contributed by atoms with Gasteiger partial charge in [0.05, 0.1) is 11.7 Å². The molecule has 1 aromatic rings. The molecule has 0 saturated carbocycles. The third-order valence-electron chi connectivity index (χ3n) is 3.77. The monoisotopic (exact) mass is 302 g/mol. The number of nitriles is 1. The van der Waals surface area contributed by atoms with Gasteiger partial charge < -0.3 is 20.7 Å². The van der Waals surface area contributed by atoms with Crippen molar-refractivity contribution in [2.75, 3.05) is 25.4 Å². The van der Waals surface area contributed by atoms with Crippen molar-refractivity contribution in [1.29, 1.82) is 5.26 Å². The minimum Gasteiger partial charge on any atom is -0.490 e. The van der Waals surface area contributed by atoms with Gasteiger partial charge in [-0.05, 0) is 31.4 Å². The van der Waals surface area contributed by atoms with E-state index in [-0.39, 0.29) is 12.1 Å². The fourth-order valence-corrected chi connectivity index (χ4v) is 2.58. The molecule has 1 fully saturated rings. The molecule has 1 atom stereocenters. The average molecular weight is 302 g/mol. The summed E-state index contributed by atoms with van der Waals surface area (Å²) in [4.78, 5) is 13.9. The Morgan fingerprint density at radius 1 is 1.59 bits per heavy atom. The Morgan fingerprint density at radius 3 is 3.14 bits per heavy atom. The molecule has 0 spiro atoms. The molecular formula is C16H22N4O2. The molecule has 0 unspecified atom stereocenters. The average Bonchev–Trinajstić information content (AvgIpc) is 2.99. The van der Waals surface area contributed by atoms with Crippen LogP contribution in [0.2, 0.25) is 0 Å². The number of nitrogen functional groups attached to an aromatic ring is 1. The highest BCUT2D eigenvalue weighted by Gasteiger charge is 2.29. The first-order valence-electron chi connectivity index (χ1n) is 7.63. The largest absolute Gasteiger partial charge is 0.490 e. The zero-order valence-corrected chi connectivity index (χ0v) is 12.8. The number of amides is 2. The number of anilines is 1. The van der Waals surface area contributed by atoms with Crippen LogP contribution in [0.15, 0.2) is 18.2 Å². The van der Waals surface area contributed by atoms with Gasteiger partial charge in [-0.25, -0.2) is 4.79 Å². The van der Waals surface area contributed by atoms with Crippen LogP contribution in [0.4, 0.5) is 10.5 Å². The molecule has 1 aromatic carbocycles. The number of nitrogens with one attached hydrogen (secondary N) is 1. The summed E-state index contributed by atoms with van der Waals surface area (Å²) in [6.45, 7) is 3.81. The van der Waals surface area contributed by atoms with Crippen LogP contribution in [-0.2, 0) is 0 Å². The topological polar surface area (TPSA) is 91.4 Å². The lowest BCUT2D eigenvalue weighted by molar-refractivity contribution is 0.165. The summed E-state index contributed by atoms with van der Waals surface area (Å²) >= 11 is 0. The van der Waals surface area contributed by atoms with Gasteiger partial charge in [0.15, 0.2) is 0 Å². The second kappa shape index (κ2) is 7.55. The normalized spacial score (nSPS) is 17.1. The fraction of sp³-hybridized carbons (Fsp3) is 0.500. The Bertz CT molecular complexity index is 568. The van der Waals surface area contributed by atoms with Crippen molar-refractivity contribution < 1.29 is 9.53 Å². The number of nitrogens with two attached hydrogens (primary N) is 1. The summed E-state index contributed by atoms with van der Waals surface area (Å²) < 4.78 is 5.75. The van der Waals surface area contributed by atoms with Gasteiger partial charge in [0.2, 0.25) is 0 Å². The lowest BCUT2D eigenvalue weighted by Crippen LogP contribution is -2.45. The predicted octanol–water partition coefficient (Wildman–Crippen LogP) is 2.10. The molecule has 6 heteroatoms. The molecule has 1 saturated heterocycles. The number of rotatable bonds is 5. The molecule has 0 aromatic heterocycles. The van der Waals surface area contributed by atoms with Crippen molar-refractivity contribution in [3.8, 4) is 11.8 Å². The van der Waals surface area contributed by atoms with Gasteiger partial charge >= 0.3 is 6.03 Å². The maximum absolute atomic E-state index is 12.1. The van der Waals surface area contributed by atoms with E-state index in [9.17, 15) is 4.79 Å².